The molecule has 3 N–H and O–H groups in total. The van der Waals surface area contributed by atoms with Crippen molar-refractivity contribution >= 4 is 16.8 Å². The average molecular weight is 293 g/mol. The molecule has 0 aliphatic heterocycles. The van der Waals surface area contributed by atoms with E-state index in [0.717, 1.165) is 22.0 Å². The van der Waals surface area contributed by atoms with Crippen molar-refractivity contribution in [1.82, 2.24) is 9.97 Å². The van der Waals surface area contributed by atoms with Crippen LogP contribution in [0.15, 0.2) is 47.4 Å². The van der Waals surface area contributed by atoms with Crippen molar-refractivity contribution in [3.8, 4) is 11.3 Å². The number of carbonyl (C=O) groups excluding carboxylic acids is 1. The van der Waals surface area contributed by atoms with Crippen LogP contribution in [0.25, 0.3) is 22.2 Å². The number of amides is 1. The summed E-state index contributed by atoms with van der Waals surface area (Å²) in [4.78, 5) is 30.1. The molecule has 22 heavy (non-hydrogen) atoms. The van der Waals surface area contributed by atoms with E-state index in [1.165, 1.54) is 0 Å². The largest absolute Gasteiger partial charge is 0.369 e. The molecule has 2 heterocycles. The first kappa shape index (κ1) is 14.0. The minimum atomic E-state index is -0.364. The van der Waals surface area contributed by atoms with E-state index in [4.69, 9.17) is 5.73 Å². The fourth-order valence-corrected chi connectivity index (χ4v) is 2.51. The Hall–Kier alpha value is -2.95. The molecular formula is C17H15N3O2. The summed E-state index contributed by atoms with van der Waals surface area (Å²) >= 11 is 0. The number of H-pyrrole nitrogens is 1. The Labute approximate surface area is 126 Å². The van der Waals surface area contributed by atoms with Gasteiger partial charge in [0.1, 0.15) is 0 Å². The number of aromatic nitrogens is 2. The molecule has 0 bridgehead atoms. The number of aryl methyl sites for hydroxylation is 1. The number of carbonyl (C=O) groups is 1. The molecule has 0 atom stereocenters. The van der Waals surface area contributed by atoms with E-state index >= 15 is 0 Å². The first-order valence-electron chi connectivity index (χ1n) is 6.91. The number of nitrogens with one attached hydrogen (secondary N) is 1. The maximum Gasteiger partial charge on any atom is 0.257 e. The molecule has 0 fully saturated rings. The molecule has 0 unspecified atom stereocenters. The van der Waals surface area contributed by atoms with Gasteiger partial charge in [-0.2, -0.15) is 0 Å². The molecule has 0 saturated carbocycles. The lowest BCUT2D eigenvalue weighted by Gasteiger charge is -2.08. The topological polar surface area (TPSA) is 88.8 Å². The third kappa shape index (κ3) is 2.61. The van der Waals surface area contributed by atoms with Crippen LogP contribution in [0.4, 0.5) is 0 Å². The summed E-state index contributed by atoms with van der Waals surface area (Å²) in [5.41, 5.74) is 8.87. The maximum absolute atomic E-state index is 11.9. The third-order valence-electron chi connectivity index (χ3n) is 3.55. The number of hydrogen-bond acceptors (Lipinski definition) is 3. The van der Waals surface area contributed by atoms with E-state index in [2.05, 4.69) is 9.97 Å². The molecule has 110 valence electrons. The lowest BCUT2D eigenvalue weighted by atomic mass is 10.0. The standard InChI is InChI=1S/C17H15N3O2/c1-10-7-15(12-3-2-6-19-17(12)22)20-14-5-4-11(8-13(10)14)9-16(18)21/h2-8H,9H2,1H3,(H2,18,21)(H,19,22). The minimum Gasteiger partial charge on any atom is -0.369 e. The molecule has 0 aliphatic rings. The van der Waals surface area contributed by atoms with Crippen LogP contribution in [0.3, 0.4) is 0 Å². The summed E-state index contributed by atoms with van der Waals surface area (Å²) < 4.78 is 0. The van der Waals surface area contributed by atoms with Gasteiger partial charge in [-0.1, -0.05) is 6.07 Å². The van der Waals surface area contributed by atoms with E-state index < -0.39 is 0 Å². The Morgan fingerprint density at radius 1 is 1.27 bits per heavy atom. The highest BCUT2D eigenvalue weighted by Gasteiger charge is 2.09. The summed E-state index contributed by atoms with van der Waals surface area (Å²) in [6.45, 7) is 1.96. The van der Waals surface area contributed by atoms with Crippen LogP contribution in [0, 0.1) is 6.92 Å². The van der Waals surface area contributed by atoms with Gasteiger partial charge in [0, 0.05) is 11.6 Å². The van der Waals surface area contributed by atoms with Gasteiger partial charge in [-0.05, 0) is 48.4 Å². The van der Waals surface area contributed by atoms with Gasteiger partial charge in [-0.25, -0.2) is 4.98 Å². The number of nitrogens with two attached hydrogens (primary N) is 1. The van der Waals surface area contributed by atoms with Crippen molar-refractivity contribution < 1.29 is 4.79 Å². The van der Waals surface area contributed by atoms with Crippen LogP contribution in [-0.2, 0) is 11.2 Å². The highest BCUT2D eigenvalue weighted by Crippen LogP contribution is 2.23. The Bertz CT molecular complexity index is 929. The molecule has 0 saturated heterocycles. The predicted molar refractivity (Wildman–Crippen MR) is 85.4 cm³/mol. The average Bonchev–Trinajstić information content (AvgIpc) is 2.47. The smallest absolute Gasteiger partial charge is 0.257 e. The molecule has 3 aromatic rings. The van der Waals surface area contributed by atoms with Crippen LogP contribution in [-0.4, -0.2) is 15.9 Å². The Balaban J connectivity index is 2.16. The number of nitrogens with zero attached hydrogens (tertiary/aromatic N) is 1. The Morgan fingerprint density at radius 2 is 2.09 bits per heavy atom. The van der Waals surface area contributed by atoms with Gasteiger partial charge in [0.05, 0.1) is 23.2 Å². The number of hydrogen-bond donors (Lipinski definition) is 2. The molecule has 1 aromatic carbocycles. The monoisotopic (exact) mass is 293 g/mol. The second kappa shape index (κ2) is 5.44. The number of pyridine rings is 2. The lowest BCUT2D eigenvalue weighted by molar-refractivity contribution is -0.117. The summed E-state index contributed by atoms with van der Waals surface area (Å²) in [6.07, 6.45) is 1.80. The van der Waals surface area contributed by atoms with Gasteiger partial charge in [0.15, 0.2) is 0 Å². The quantitative estimate of drug-likeness (QED) is 0.773. The second-order valence-corrected chi connectivity index (χ2v) is 5.23. The minimum absolute atomic E-state index is 0.168. The number of aromatic amines is 1. The molecule has 2 aromatic heterocycles. The van der Waals surface area contributed by atoms with E-state index in [0.29, 0.717) is 11.3 Å². The van der Waals surface area contributed by atoms with E-state index in [-0.39, 0.29) is 17.9 Å². The molecule has 0 aliphatic carbocycles. The zero-order valence-corrected chi connectivity index (χ0v) is 12.1. The zero-order chi connectivity index (χ0) is 15.7. The van der Waals surface area contributed by atoms with Crippen molar-refractivity contribution in [2.45, 2.75) is 13.3 Å². The summed E-state index contributed by atoms with van der Waals surface area (Å²) in [5, 5.41) is 0.954. The molecule has 1 amide bonds. The molecular weight excluding hydrogens is 278 g/mol. The molecule has 3 rings (SSSR count). The number of rotatable bonds is 3. The van der Waals surface area contributed by atoms with Crippen LogP contribution in [0.5, 0.6) is 0 Å². The molecule has 0 spiro atoms. The highest BCUT2D eigenvalue weighted by molar-refractivity contribution is 5.87. The molecule has 0 radical (unpaired) electrons. The molecule has 5 heteroatoms. The second-order valence-electron chi connectivity index (χ2n) is 5.23. The van der Waals surface area contributed by atoms with E-state index in [1.54, 1.807) is 18.3 Å². The van der Waals surface area contributed by atoms with Crippen LogP contribution < -0.4 is 11.3 Å². The highest BCUT2D eigenvalue weighted by atomic mass is 16.1. The van der Waals surface area contributed by atoms with E-state index in [9.17, 15) is 9.59 Å². The number of benzene rings is 1. The Kier molecular flexibility index (Phi) is 3.47. The normalized spacial score (nSPS) is 10.8. The Morgan fingerprint density at radius 3 is 2.82 bits per heavy atom. The molecule has 5 nitrogen and oxygen atoms in total. The maximum atomic E-state index is 11.9. The summed E-state index contributed by atoms with van der Waals surface area (Å²) in [6, 6.07) is 11.0. The van der Waals surface area contributed by atoms with Crippen LogP contribution in [0.1, 0.15) is 11.1 Å². The van der Waals surface area contributed by atoms with Gasteiger partial charge in [-0.15, -0.1) is 0 Å². The fourth-order valence-electron chi connectivity index (χ4n) is 2.51. The first-order chi connectivity index (χ1) is 10.5. The van der Waals surface area contributed by atoms with Crippen molar-refractivity contribution in [1.29, 1.82) is 0 Å². The summed E-state index contributed by atoms with van der Waals surface area (Å²) in [5.74, 6) is -0.364. The summed E-state index contributed by atoms with van der Waals surface area (Å²) in [7, 11) is 0. The van der Waals surface area contributed by atoms with Crippen molar-refractivity contribution in [2.24, 2.45) is 5.73 Å². The zero-order valence-electron chi connectivity index (χ0n) is 12.1. The van der Waals surface area contributed by atoms with Crippen molar-refractivity contribution in [3.63, 3.8) is 0 Å². The predicted octanol–water partition coefficient (Wildman–Crippen LogP) is 1.93. The lowest BCUT2D eigenvalue weighted by Crippen LogP contribution is -2.13. The van der Waals surface area contributed by atoms with Crippen LogP contribution >= 0.6 is 0 Å². The van der Waals surface area contributed by atoms with E-state index in [1.807, 2.05) is 31.2 Å². The van der Waals surface area contributed by atoms with Crippen molar-refractivity contribution in [3.05, 3.63) is 64.1 Å². The van der Waals surface area contributed by atoms with Gasteiger partial charge in [0.25, 0.3) is 5.56 Å². The third-order valence-corrected chi connectivity index (χ3v) is 3.55. The van der Waals surface area contributed by atoms with Gasteiger partial charge >= 0.3 is 0 Å². The fraction of sp³-hybridized carbons (Fsp3) is 0.118. The van der Waals surface area contributed by atoms with Crippen LogP contribution in [0.2, 0.25) is 0 Å². The van der Waals surface area contributed by atoms with Gasteiger partial charge in [0.2, 0.25) is 5.91 Å². The number of primary amides is 1. The first-order valence-corrected chi connectivity index (χ1v) is 6.91. The van der Waals surface area contributed by atoms with Gasteiger partial charge < -0.3 is 10.7 Å². The number of fused-ring (bicyclic) bond motifs is 1. The van der Waals surface area contributed by atoms with Crippen molar-refractivity contribution in [2.75, 3.05) is 0 Å². The van der Waals surface area contributed by atoms with Gasteiger partial charge in [-0.3, -0.25) is 9.59 Å². The SMILES string of the molecule is Cc1cc(-c2ccc[nH]c2=O)nc2ccc(CC(N)=O)cc12.